The molecule has 0 spiro atoms. The van der Waals surface area contributed by atoms with Crippen molar-refractivity contribution in [2.45, 2.75) is 154 Å². The van der Waals surface area contributed by atoms with Gasteiger partial charge in [0, 0.05) is 6.42 Å². The highest BCUT2D eigenvalue weighted by atomic mass is 32.2. The molecule has 6 unspecified atom stereocenters. The van der Waals surface area contributed by atoms with E-state index in [1.807, 2.05) is 72.8 Å². The monoisotopic (exact) mass is 1640 g/mol. The Bertz CT molecular complexity index is 5170. The maximum Gasteiger partial charge on any atom is 0.420 e. The van der Waals surface area contributed by atoms with Crippen molar-refractivity contribution in [1.82, 2.24) is 0 Å². The van der Waals surface area contributed by atoms with E-state index in [1.54, 1.807) is 72.8 Å². The number of halogens is 6. The van der Waals surface area contributed by atoms with E-state index >= 15 is 0 Å². The number of benzene rings is 9. The zero-order valence-corrected chi connectivity index (χ0v) is 64.8. The molecule has 30 heteroatoms. The highest BCUT2D eigenvalue weighted by Crippen LogP contribution is 2.51. The van der Waals surface area contributed by atoms with Crippen LogP contribution in [0.4, 0.5) is 26.3 Å². The molecule has 0 aromatic heterocycles. The highest BCUT2D eigenvalue weighted by Gasteiger charge is 2.50. The largest absolute Gasteiger partial charge is 0.744 e. The molecule has 0 amide bonds. The first-order chi connectivity index (χ1) is 53.2. The minimum Gasteiger partial charge on any atom is -0.744 e. The van der Waals surface area contributed by atoms with Gasteiger partial charge in [-0.1, -0.05) is 118 Å². The quantitative estimate of drug-likeness (QED) is 0.0359. The fraction of sp³-hybridized carbons (Fsp3) is 0.253. The average molecular weight is 1640 g/mol. The van der Waals surface area contributed by atoms with Gasteiger partial charge in [-0.15, -0.1) is 0 Å². The second-order valence-electron chi connectivity index (χ2n) is 25.9. The fourth-order valence-electron chi connectivity index (χ4n) is 11.7. The molecule has 0 heterocycles. The van der Waals surface area contributed by atoms with E-state index in [-0.39, 0.29) is 39.1 Å². The Balaban J connectivity index is 0.000000190. The smallest absolute Gasteiger partial charge is 0.420 e. The van der Waals surface area contributed by atoms with Gasteiger partial charge >= 0.3 is 12.4 Å². The summed E-state index contributed by atoms with van der Waals surface area (Å²) in [4.78, 5) is -2.78. The lowest BCUT2D eigenvalue weighted by atomic mass is 9.94. The first-order valence-corrected chi connectivity index (χ1v) is 40.6. The summed E-state index contributed by atoms with van der Waals surface area (Å²) in [5.74, 6) is 3.34. The molecule has 11 rings (SSSR count). The van der Waals surface area contributed by atoms with Gasteiger partial charge in [0.15, 0.2) is 0 Å². The van der Waals surface area contributed by atoms with Gasteiger partial charge in [-0.2, -0.15) is 26.3 Å². The van der Waals surface area contributed by atoms with Gasteiger partial charge in [0.2, 0.25) is 0 Å². The molecule has 6 atom stereocenters. The van der Waals surface area contributed by atoms with E-state index in [0.717, 1.165) is 98.8 Å². The van der Waals surface area contributed by atoms with Crippen molar-refractivity contribution in [2.24, 2.45) is 0 Å². The summed E-state index contributed by atoms with van der Waals surface area (Å²) >= 11 is 0. The van der Waals surface area contributed by atoms with E-state index < -0.39 is 97.9 Å². The maximum absolute atomic E-state index is 13.9. The Morgan fingerprint density at radius 1 is 0.389 bits per heavy atom. The van der Waals surface area contributed by atoms with Crippen molar-refractivity contribution in [3.8, 4) is 51.7 Å². The normalized spacial score (nSPS) is 16.4. The zero-order chi connectivity index (χ0) is 82.6. The van der Waals surface area contributed by atoms with Gasteiger partial charge < -0.3 is 56.1 Å². The summed E-state index contributed by atoms with van der Waals surface area (Å²) in [6, 6.07) is 53.2. The van der Waals surface area contributed by atoms with Crippen LogP contribution < -0.4 is 33.2 Å². The fourth-order valence-corrected chi connectivity index (χ4v) is 14.1. The molecule has 2 aliphatic carbocycles. The van der Waals surface area contributed by atoms with Crippen LogP contribution in [0, 0.1) is 13.8 Å². The molecule has 2 aliphatic rings. The van der Waals surface area contributed by atoms with Crippen LogP contribution in [0.2, 0.25) is 0 Å². The van der Waals surface area contributed by atoms with Crippen molar-refractivity contribution < 1.29 is 116 Å². The number of hydrogen-bond donors (Lipinski definition) is 0. The lowest BCUT2D eigenvalue weighted by molar-refractivity contribution is -0.165. The van der Waals surface area contributed by atoms with Crippen molar-refractivity contribution in [1.29, 1.82) is 0 Å². The first-order valence-electron chi connectivity index (χ1n) is 35.0. The van der Waals surface area contributed by atoms with E-state index in [0.29, 0.717) is 46.9 Å². The predicted octanol–water partition coefficient (Wildman–Crippen LogP) is 19.1. The summed E-state index contributed by atoms with van der Waals surface area (Å²) in [5.41, 5.74) is -1.34. The Labute approximate surface area is 653 Å². The van der Waals surface area contributed by atoms with E-state index in [2.05, 4.69) is 26.3 Å². The second-order valence-corrected chi connectivity index (χ2v) is 31.4. The first kappa shape index (κ1) is 88.3. The van der Waals surface area contributed by atoms with Crippen molar-refractivity contribution in [2.75, 3.05) is 0 Å². The van der Waals surface area contributed by atoms with Gasteiger partial charge in [-0.25, -0.2) is 33.7 Å². The van der Waals surface area contributed by atoms with Gasteiger partial charge in [0.05, 0.1) is 37.9 Å². The molecular weight excluding hydrogens is 1560 g/mol. The summed E-state index contributed by atoms with van der Waals surface area (Å²) in [6.07, 6.45) is 0.797. The Morgan fingerprint density at radius 3 is 1.07 bits per heavy atom. The zero-order valence-electron chi connectivity index (χ0n) is 61.5. The number of ether oxygens (including phenoxy) is 8. The molecule has 0 bridgehead atoms. The molecule has 9 aromatic rings. The van der Waals surface area contributed by atoms with E-state index in [1.165, 1.54) is 86.6 Å². The molecule has 20 nitrogen and oxygen atoms in total. The van der Waals surface area contributed by atoms with Crippen molar-refractivity contribution in [3.63, 3.8) is 0 Å². The lowest BCUT2D eigenvalue weighted by Crippen LogP contribution is -2.36. The molecule has 0 aliphatic heterocycles. The third-order valence-electron chi connectivity index (χ3n) is 17.8. The van der Waals surface area contributed by atoms with Crippen LogP contribution in [0.25, 0.3) is 24.3 Å². The van der Waals surface area contributed by atoms with E-state index in [4.69, 9.17) is 37.9 Å². The van der Waals surface area contributed by atoms with E-state index in [9.17, 15) is 78.2 Å². The number of hydrogen-bond acceptors (Lipinski definition) is 20. The van der Waals surface area contributed by atoms with Gasteiger partial charge in [-0.05, 0) is 239 Å². The summed E-state index contributed by atoms with van der Waals surface area (Å²) in [5, 5.41) is 0. The number of rotatable bonds is 26. The Hall–Kier alpha value is -10.3. The third-order valence-corrected chi connectivity index (χ3v) is 21.4. The Morgan fingerprint density at radius 2 is 0.708 bits per heavy atom. The standard InChI is InChI=1S/C22H22F6O5S.C21H24O5S.C20H16O5S.C20H22O5S/c1-6-15-7-9-16(10-8-15)32-13(4)14(5)33-19-11(2)12(3)20(34(29,30)31)18(22(26,27)28)17(19)21(23,24)25;1-2-16-7-9-17(10-8-16)15-25-20-5-3-4-6-21(20)26-18-11-13-19(14-12-18)27(22,23)24;1-2-15-3-5-16(6-4-15)24-17-7-9-18(10-8-17)25-19-11-13-20(14-12-19)26(21,22)23;1-2-15-6-8-16(9-7-15)24-18-4-3-5-19(14-18)25-17-10-12-20(13-11-17)26(21,22)23/h6-10,13-14H,1H2,2-5H3,(H,29,30,31);2,7-14,20-21H,1,3-6,15H2,(H,22,23,24);2-14H,1H2,(H,21,22,23);2,6-13,18-19H,1,3-5,14H2,(H,21,22,23)/p-4. The number of alkyl halides is 6. The van der Waals surface area contributed by atoms with Crippen LogP contribution in [-0.2, 0) is 64.2 Å². The predicted molar refractivity (Wildman–Crippen MR) is 409 cm³/mol. The molecule has 0 saturated heterocycles. The third kappa shape index (κ3) is 26.4. The van der Waals surface area contributed by atoms with Gasteiger partial charge in [-0.3, -0.25) is 0 Å². The topological polar surface area (TPSA) is 303 Å². The Kier molecular flexibility index (Phi) is 30.4. The van der Waals surface area contributed by atoms with Crippen LogP contribution in [0.1, 0.15) is 115 Å². The second kappa shape index (κ2) is 39.0. The SMILES string of the molecule is C=Cc1ccc(COC2CCCCC2Oc2ccc(S(=O)(=O)[O-])cc2)cc1.C=Cc1ccc(OC(C)C(C)Oc2c(C)c(C)c(S(=O)(=O)[O-])c(C(F)(F)F)c2C(F)(F)F)cc1.C=Cc1ccc(OC2CCCC(Oc3ccc(S(=O)(=O)[O-])cc3)C2)cc1.C=Cc1ccc(Oc2ccc(Oc3ccc(S(=O)(=O)[O-])cc3)cc2)cc1. The highest BCUT2D eigenvalue weighted by molar-refractivity contribution is 7.86. The minimum atomic E-state index is -5.92. The van der Waals surface area contributed by atoms with Crippen LogP contribution in [0.3, 0.4) is 0 Å². The summed E-state index contributed by atoms with van der Waals surface area (Å²) < 4.78 is 263. The van der Waals surface area contributed by atoms with Gasteiger partial charge in [0.1, 0.15) is 128 Å². The lowest BCUT2D eigenvalue weighted by Gasteiger charge is -2.32. The minimum absolute atomic E-state index is 0.00379. The van der Waals surface area contributed by atoms with Crippen molar-refractivity contribution in [3.05, 3.63) is 271 Å². The molecule has 0 radical (unpaired) electrons. The van der Waals surface area contributed by atoms with Crippen LogP contribution in [0.5, 0.6) is 51.7 Å². The van der Waals surface area contributed by atoms with Gasteiger partial charge in [0.25, 0.3) is 0 Å². The summed E-state index contributed by atoms with van der Waals surface area (Å²) in [7, 11) is -19.3. The molecule has 2 fully saturated rings. The molecular formula is C83H80F6O20S4-4. The van der Waals surface area contributed by atoms with Crippen LogP contribution >= 0.6 is 0 Å². The van der Waals surface area contributed by atoms with Crippen molar-refractivity contribution >= 4 is 64.8 Å². The molecule has 2 saturated carbocycles. The molecule has 113 heavy (non-hydrogen) atoms. The maximum atomic E-state index is 13.9. The van der Waals surface area contributed by atoms with Crippen LogP contribution in [-0.4, -0.2) is 88.5 Å². The summed E-state index contributed by atoms with van der Waals surface area (Å²) in [6.45, 7) is 19.8. The molecule has 0 N–H and O–H groups in total. The molecule has 9 aromatic carbocycles. The molecule has 602 valence electrons. The average Bonchev–Trinajstić information content (AvgIpc) is 0.727. The van der Waals surface area contributed by atoms with Crippen LogP contribution in [0.15, 0.2) is 240 Å².